The zero-order valence-corrected chi connectivity index (χ0v) is 14.3. The van der Waals surface area contributed by atoms with Crippen LogP contribution in [0, 0.1) is 0 Å². The average Bonchev–Trinajstić information content (AvgIpc) is 2.50. The number of likely N-dealkylation sites (N-methyl/N-ethyl adjacent to an activating group) is 1. The maximum absolute atomic E-state index is 13.1. The number of carbonyl (C=O) groups is 1. The molecule has 0 aliphatic rings. The maximum Gasteiger partial charge on any atom is 0.490 e. The fraction of sp³-hybridized carbons (Fsp3) is 0.533. The lowest BCUT2D eigenvalue weighted by Gasteiger charge is -2.24. The van der Waals surface area contributed by atoms with E-state index in [-0.39, 0.29) is 5.69 Å². The lowest BCUT2D eigenvalue weighted by molar-refractivity contribution is -0.192. The first-order valence-electron chi connectivity index (χ1n) is 7.18. The van der Waals surface area contributed by atoms with Crippen molar-refractivity contribution in [1.29, 1.82) is 0 Å². The Kier molecular flexibility index (Phi) is 8.88. The monoisotopic (exact) mass is 390 g/mol. The van der Waals surface area contributed by atoms with Crippen LogP contribution in [-0.4, -0.2) is 44.6 Å². The third-order valence-electron chi connectivity index (χ3n) is 3.14. The van der Waals surface area contributed by atoms with Crippen LogP contribution in [0.4, 0.5) is 32.0 Å². The molecule has 0 heterocycles. The minimum absolute atomic E-state index is 0.133. The Morgan fingerprint density at radius 1 is 1.27 bits per heavy atom. The molecule has 1 aromatic carbocycles. The minimum Gasteiger partial charge on any atom is -0.475 e. The van der Waals surface area contributed by atoms with Gasteiger partial charge in [-0.25, -0.2) is 4.79 Å². The first kappa shape index (κ1) is 24.0. The van der Waals surface area contributed by atoms with Crippen LogP contribution in [0.5, 0.6) is 0 Å². The molecule has 1 rings (SSSR count). The first-order chi connectivity index (χ1) is 11.7. The number of alkyl halides is 6. The molecule has 0 aliphatic heterocycles. The van der Waals surface area contributed by atoms with Crippen molar-refractivity contribution in [3.63, 3.8) is 0 Å². The van der Waals surface area contributed by atoms with Gasteiger partial charge in [0.15, 0.2) is 0 Å². The van der Waals surface area contributed by atoms with Crippen molar-refractivity contribution in [2.45, 2.75) is 25.3 Å². The molecule has 1 atom stereocenters. The second-order valence-corrected chi connectivity index (χ2v) is 5.28. The van der Waals surface area contributed by atoms with E-state index in [1.807, 2.05) is 0 Å². The van der Waals surface area contributed by atoms with Crippen molar-refractivity contribution in [2.75, 3.05) is 32.2 Å². The summed E-state index contributed by atoms with van der Waals surface area (Å²) in [5.74, 6) is -2.76. The molecular formula is C15H20F6N2O3. The molecule has 0 radical (unpaired) electrons. The molecular weight excluding hydrogens is 370 g/mol. The van der Waals surface area contributed by atoms with E-state index in [0.717, 1.165) is 6.07 Å². The topological polar surface area (TPSA) is 75.8 Å². The number of benzene rings is 1. The number of hydrogen-bond acceptors (Lipinski definition) is 4. The van der Waals surface area contributed by atoms with Crippen LogP contribution in [0.15, 0.2) is 18.2 Å². The molecule has 11 heteroatoms. The molecule has 0 bridgehead atoms. The van der Waals surface area contributed by atoms with Crippen LogP contribution in [0.25, 0.3) is 0 Å². The second-order valence-electron chi connectivity index (χ2n) is 5.28. The number of rotatable bonds is 5. The summed E-state index contributed by atoms with van der Waals surface area (Å²) in [6.45, 7) is 2.41. The van der Waals surface area contributed by atoms with E-state index in [1.165, 1.54) is 18.1 Å². The zero-order valence-electron chi connectivity index (χ0n) is 14.3. The summed E-state index contributed by atoms with van der Waals surface area (Å²) in [7, 11) is 3.12. The summed E-state index contributed by atoms with van der Waals surface area (Å²) in [5.41, 5.74) is 5.57. The Bertz CT molecular complexity index is 588. The van der Waals surface area contributed by atoms with Gasteiger partial charge >= 0.3 is 18.3 Å². The van der Waals surface area contributed by atoms with E-state index in [0.29, 0.717) is 18.7 Å². The summed E-state index contributed by atoms with van der Waals surface area (Å²) >= 11 is 0. The van der Waals surface area contributed by atoms with Crippen LogP contribution < -0.4 is 10.6 Å². The van der Waals surface area contributed by atoms with Gasteiger partial charge in [0.05, 0.1) is 12.2 Å². The highest BCUT2D eigenvalue weighted by Crippen LogP contribution is 2.37. The molecule has 0 fully saturated rings. The number of nitrogens with two attached hydrogens (primary N) is 1. The Balaban J connectivity index is 0.000000758. The molecule has 150 valence electrons. The van der Waals surface area contributed by atoms with Crippen LogP contribution in [0.2, 0.25) is 0 Å². The summed E-state index contributed by atoms with van der Waals surface area (Å²) in [5, 5.41) is 7.12. The van der Waals surface area contributed by atoms with Crippen molar-refractivity contribution >= 4 is 11.7 Å². The van der Waals surface area contributed by atoms with Gasteiger partial charge in [-0.1, -0.05) is 6.07 Å². The largest absolute Gasteiger partial charge is 0.490 e. The number of carboxylic acid groups (broad SMARTS) is 1. The molecule has 0 saturated heterocycles. The molecule has 0 amide bonds. The van der Waals surface area contributed by atoms with Crippen LogP contribution in [0.3, 0.4) is 0 Å². The zero-order chi connectivity index (χ0) is 20.7. The van der Waals surface area contributed by atoms with E-state index in [9.17, 15) is 26.3 Å². The lowest BCUT2D eigenvalue weighted by atomic mass is 10.0. The fourth-order valence-electron chi connectivity index (χ4n) is 1.75. The molecule has 0 spiro atoms. The first-order valence-corrected chi connectivity index (χ1v) is 7.18. The van der Waals surface area contributed by atoms with Gasteiger partial charge in [-0.05, 0) is 24.6 Å². The summed E-state index contributed by atoms with van der Waals surface area (Å²) in [6.07, 6.45) is -9.48. The molecule has 0 saturated carbocycles. The van der Waals surface area contributed by atoms with Gasteiger partial charge in [-0.15, -0.1) is 0 Å². The third-order valence-corrected chi connectivity index (χ3v) is 3.14. The molecule has 3 N–H and O–H groups in total. The number of anilines is 1. The van der Waals surface area contributed by atoms with E-state index in [4.69, 9.17) is 20.4 Å². The van der Waals surface area contributed by atoms with E-state index in [2.05, 4.69) is 0 Å². The van der Waals surface area contributed by atoms with Crippen LogP contribution >= 0.6 is 0 Å². The van der Waals surface area contributed by atoms with Crippen molar-refractivity contribution in [1.82, 2.24) is 0 Å². The van der Waals surface area contributed by atoms with Gasteiger partial charge in [0, 0.05) is 32.4 Å². The Hall–Kier alpha value is -2.01. The summed E-state index contributed by atoms with van der Waals surface area (Å²) in [4.78, 5) is 10.4. The van der Waals surface area contributed by atoms with Crippen LogP contribution in [-0.2, 0) is 15.7 Å². The number of ether oxygens (including phenoxy) is 1. The molecule has 1 aromatic rings. The highest BCUT2D eigenvalue weighted by Gasteiger charge is 2.38. The number of carboxylic acids is 1. The molecule has 26 heavy (non-hydrogen) atoms. The predicted octanol–water partition coefficient (Wildman–Crippen LogP) is 3.44. The highest BCUT2D eigenvalue weighted by molar-refractivity contribution is 5.73. The lowest BCUT2D eigenvalue weighted by Crippen LogP contribution is -2.25. The van der Waals surface area contributed by atoms with Gasteiger partial charge in [0.25, 0.3) is 0 Å². The maximum atomic E-state index is 13.1. The van der Waals surface area contributed by atoms with E-state index >= 15 is 0 Å². The van der Waals surface area contributed by atoms with E-state index < -0.39 is 29.9 Å². The molecule has 5 nitrogen and oxygen atoms in total. The quantitative estimate of drug-likeness (QED) is 0.754. The van der Waals surface area contributed by atoms with Crippen molar-refractivity contribution < 1.29 is 41.0 Å². The normalized spacial score (nSPS) is 12.8. The van der Waals surface area contributed by atoms with Gasteiger partial charge in [-0.2, -0.15) is 26.3 Å². The van der Waals surface area contributed by atoms with Crippen molar-refractivity contribution in [2.24, 2.45) is 5.73 Å². The second kappa shape index (κ2) is 9.62. The smallest absolute Gasteiger partial charge is 0.475 e. The molecule has 0 aliphatic carbocycles. The average molecular weight is 390 g/mol. The third kappa shape index (κ3) is 7.91. The van der Waals surface area contributed by atoms with Crippen molar-refractivity contribution in [3.05, 3.63) is 29.3 Å². The Morgan fingerprint density at radius 3 is 2.12 bits per heavy atom. The van der Waals surface area contributed by atoms with Gasteiger partial charge in [-0.3, -0.25) is 0 Å². The standard InChI is InChI=1S/C13H19F3N2O.C2HF3O2/c1-9(17)10-4-5-12(18(2)6-7-19-3)11(8-10)13(14,15)16;3-2(4,5)1(6)7/h4-5,8-9H,6-7,17H2,1-3H3;(H,6,7). The van der Waals surface area contributed by atoms with Crippen molar-refractivity contribution in [3.8, 4) is 0 Å². The summed E-state index contributed by atoms with van der Waals surface area (Å²) < 4.78 is 75.8. The van der Waals surface area contributed by atoms with Gasteiger partial charge in [0.1, 0.15) is 0 Å². The van der Waals surface area contributed by atoms with E-state index in [1.54, 1.807) is 20.0 Å². The number of aliphatic carboxylic acids is 1. The number of methoxy groups -OCH3 is 1. The van der Waals surface area contributed by atoms with Crippen LogP contribution in [0.1, 0.15) is 24.1 Å². The molecule has 0 aromatic heterocycles. The predicted molar refractivity (Wildman–Crippen MR) is 82.9 cm³/mol. The fourth-order valence-corrected chi connectivity index (χ4v) is 1.75. The number of hydrogen-bond donors (Lipinski definition) is 2. The summed E-state index contributed by atoms with van der Waals surface area (Å²) in [6, 6.07) is 3.76. The minimum atomic E-state index is -5.08. The number of nitrogens with zero attached hydrogens (tertiary/aromatic N) is 1. The Labute approximate surface area is 146 Å². The molecule has 1 unspecified atom stereocenters. The van der Waals surface area contributed by atoms with Gasteiger partial charge < -0.3 is 20.5 Å². The highest BCUT2D eigenvalue weighted by atomic mass is 19.4. The number of halogens is 6. The SMILES string of the molecule is COCCN(C)c1ccc(C(C)N)cc1C(F)(F)F.O=C(O)C(F)(F)F. The van der Waals surface area contributed by atoms with Gasteiger partial charge in [0.2, 0.25) is 0 Å². The Morgan fingerprint density at radius 2 is 1.77 bits per heavy atom.